The Morgan fingerprint density at radius 2 is 2.06 bits per heavy atom. The molecule has 4 heteroatoms. The Labute approximate surface area is 95.7 Å². The highest BCUT2D eigenvalue weighted by Crippen LogP contribution is 2.21. The van der Waals surface area contributed by atoms with Gasteiger partial charge in [-0.15, -0.1) is 0 Å². The van der Waals surface area contributed by atoms with Crippen molar-refractivity contribution in [3.8, 4) is 11.8 Å². The molecule has 0 aliphatic carbocycles. The topological polar surface area (TPSA) is 56.5 Å². The first-order valence-corrected chi connectivity index (χ1v) is 5.05. The predicted molar refractivity (Wildman–Crippen MR) is 61.1 cm³/mol. The quantitative estimate of drug-likeness (QED) is 0.757. The summed E-state index contributed by atoms with van der Waals surface area (Å²) in [7, 11) is 3.43. The van der Waals surface area contributed by atoms with Crippen molar-refractivity contribution in [2.24, 2.45) is 0 Å². The highest BCUT2D eigenvalue weighted by atomic mass is 16.5. The lowest BCUT2D eigenvalue weighted by molar-refractivity contribution is 0.160. The van der Waals surface area contributed by atoms with Gasteiger partial charge in [-0.1, -0.05) is 12.1 Å². The van der Waals surface area contributed by atoms with Gasteiger partial charge in [-0.3, -0.25) is 4.90 Å². The van der Waals surface area contributed by atoms with Crippen molar-refractivity contribution >= 4 is 0 Å². The van der Waals surface area contributed by atoms with E-state index in [0.29, 0.717) is 0 Å². The second kappa shape index (κ2) is 6.11. The number of nitriles is 1. The average Bonchev–Trinajstić information content (AvgIpc) is 2.31. The highest BCUT2D eigenvalue weighted by Gasteiger charge is 2.15. The fourth-order valence-corrected chi connectivity index (χ4v) is 1.55. The van der Waals surface area contributed by atoms with Crippen LogP contribution in [0, 0.1) is 11.3 Å². The Morgan fingerprint density at radius 1 is 1.44 bits per heavy atom. The van der Waals surface area contributed by atoms with E-state index in [2.05, 4.69) is 6.07 Å². The van der Waals surface area contributed by atoms with Crippen molar-refractivity contribution in [3.63, 3.8) is 0 Å². The fraction of sp³-hybridized carbons (Fsp3) is 0.417. The van der Waals surface area contributed by atoms with Crippen LogP contribution in [0.2, 0.25) is 0 Å². The minimum atomic E-state index is -0.148. The van der Waals surface area contributed by atoms with Gasteiger partial charge < -0.3 is 9.84 Å². The molecule has 0 aliphatic heterocycles. The van der Waals surface area contributed by atoms with Gasteiger partial charge in [0.25, 0.3) is 0 Å². The van der Waals surface area contributed by atoms with E-state index in [9.17, 15) is 5.11 Å². The van der Waals surface area contributed by atoms with Gasteiger partial charge in [-0.25, -0.2) is 0 Å². The minimum Gasteiger partial charge on any atom is -0.497 e. The molecule has 1 aromatic rings. The molecule has 1 atom stereocenters. The molecular formula is C12H16N2O2. The molecule has 0 bridgehead atoms. The second-order valence-corrected chi connectivity index (χ2v) is 3.54. The zero-order valence-electron chi connectivity index (χ0n) is 9.55. The van der Waals surface area contributed by atoms with Crippen LogP contribution in [0.25, 0.3) is 0 Å². The van der Waals surface area contributed by atoms with Gasteiger partial charge in [-0.05, 0) is 24.7 Å². The van der Waals surface area contributed by atoms with Gasteiger partial charge in [0, 0.05) is 0 Å². The molecule has 1 N–H and O–H groups in total. The third-order valence-corrected chi connectivity index (χ3v) is 2.53. The van der Waals surface area contributed by atoms with Crippen LogP contribution in [-0.2, 0) is 0 Å². The Bertz CT molecular complexity index is 356. The molecule has 0 amide bonds. The molecule has 0 aromatic heterocycles. The minimum absolute atomic E-state index is 0.00942. The summed E-state index contributed by atoms with van der Waals surface area (Å²) in [6.45, 7) is 0.280. The van der Waals surface area contributed by atoms with Crippen LogP contribution in [0.15, 0.2) is 24.3 Å². The van der Waals surface area contributed by atoms with Crippen LogP contribution in [0.1, 0.15) is 11.6 Å². The summed E-state index contributed by atoms with van der Waals surface area (Å²) in [6.07, 6.45) is 0. The molecule has 0 heterocycles. The third kappa shape index (κ3) is 2.96. The van der Waals surface area contributed by atoms with E-state index < -0.39 is 0 Å². The molecule has 16 heavy (non-hydrogen) atoms. The molecule has 1 rings (SSSR count). The Balaban J connectivity index is 2.83. The van der Waals surface area contributed by atoms with Gasteiger partial charge in [0.15, 0.2) is 0 Å². The van der Waals surface area contributed by atoms with Crippen LogP contribution in [0.5, 0.6) is 5.75 Å². The molecule has 0 spiro atoms. The summed E-state index contributed by atoms with van der Waals surface area (Å²) in [5, 5.41) is 17.9. The number of nitrogens with zero attached hydrogens (tertiary/aromatic N) is 2. The van der Waals surface area contributed by atoms with E-state index in [1.165, 1.54) is 0 Å². The van der Waals surface area contributed by atoms with Crippen LogP contribution in [0.4, 0.5) is 0 Å². The van der Waals surface area contributed by atoms with Gasteiger partial charge in [-0.2, -0.15) is 5.26 Å². The zero-order chi connectivity index (χ0) is 12.0. The van der Waals surface area contributed by atoms with Crippen LogP contribution >= 0.6 is 0 Å². The summed E-state index contributed by atoms with van der Waals surface area (Å²) in [4.78, 5) is 1.81. The lowest BCUT2D eigenvalue weighted by Crippen LogP contribution is -2.27. The lowest BCUT2D eigenvalue weighted by atomic mass is 10.1. The number of hydrogen-bond donors (Lipinski definition) is 1. The maximum Gasteiger partial charge on any atom is 0.118 e. The molecule has 4 nitrogen and oxygen atoms in total. The maximum absolute atomic E-state index is 9.32. The standard InChI is InChI=1S/C12H16N2O2/c1-14(8-7-13)12(9-15)10-3-5-11(16-2)6-4-10/h3-6,12,15H,8-9H2,1-2H3/t12-/m0/s1. The van der Waals surface area contributed by atoms with E-state index in [1.807, 2.05) is 36.2 Å². The fourth-order valence-electron chi connectivity index (χ4n) is 1.55. The number of rotatable bonds is 5. The normalized spacial score (nSPS) is 12.2. The van der Waals surface area contributed by atoms with Gasteiger partial charge >= 0.3 is 0 Å². The number of likely N-dealkylation sites (N-methyl/N-ethyl adjacent to an activating group) is 1. The monoisotopic (exact) mass is 220 g/mol. The molecule has 0 saturated heterocycles. The number of methoxy groups -OCH3 is 1. The van der Waals surface area contributed by atoms with Crippen molar-refractivity contribution in [2.75, 3.05) is 27.3 Å². The van der Waals surface area contributed by atoms with Crippen LogP contribution < -0.4 is 4.74 Å². The van der Waals surface area contributed by atoms with Crippen molar-refractivity contribution in [3.05, 3.63) is 29.8 Å². The summed E-state index contributed by atoms with van der Waals surface area (Å²) in [5.41, 5.74) is 0.973. The number of aliphatic hydroxyl groups excluding tert-OH is 1. The van der Waals surface area contributed by atoms with Crippen molar-refractivity contribution < 1.29 is 9.84 Å². The summed E-state index contributed by atoms with van der Waals surface area (Å²) in [5.74, 6) is 0.781. The molecule has 0 saturated carbocycles. The summed E-state index contributed by atoms with van der Waals surface area (Å²) >= 11 is 0. The van der Waals surface area contributed by atoms with Gasteiger partial charge in [0.1, 0.15) is 5.75 Å². The Morgan fingerprint density at radius 3 is 2.50 bits per heavy atom. The number of hydrogen-bond acceptors (Lipinski definition) is 4. The molecule has 0 unspecified atom stereocenters. The zero-order valence-corrected chi connectivity index (χ0v) is 9.55. The van der Waals surface area contributed by atoms with Crippen molar-refractivity contribution in [2.45, 2.75) is 6.04 Å². The molecule has 0 fully saturated rings. The molecular weight excluding hydrogens is 204 g/mol. The van der Waals surface area contributed by atoms with Crippen molar-refractivity contribution in [1.82, 2.24) is 4.90 Å². The first-order chi connectivity index (χ1) is 7.72. The number of aliphatic hydroxyl groups is 1. The predicted octanol–water partition coefficient (Wildman–Crippen LogP) is 1.18. The summed E-state index contributed by atoms with van der Waals surface area (Å²) < 4.78 is 5.06. The highest BCUT2D eigenvalue weighted by molar-refractivity contribution is 5.29. The molecule has 86 valence electrons. The molecule has 0 aliphatic rings. The van der Waals surface area contributed by atoms with E-state index in [0.717, 1.165) is 11.3 Å². The molecule has 1 aromatic carbocycles. The first kappa shape index (κ1) is 12.5. The van der Waals surface area contributed by atoms with Crippen molar-refractivity contribution in [1.29, 1.82) is 5.26 Å². The first-order valence-electron chi connectivity index (χ1n) is 5.05. The largest absolute Gasteiger partial charge is 0.497 e. The summed E-state index contributed by atoms with van der Waals surface area (Å²) in [6, 6.07) is 9.40. The van der Waals surface area contributed by atoms with Crippen LogP contribution in [0.3, 0.4) is 0 Å². The molecule has 0 radical (unpaired) electrons. The number of benzene rings is 1. The van der Waals surface area contributed by atoms with E-state index in [4.69, 9.17) is 10.00 Å². The SMILES string of the molecule is COc1ccc([C@H](CO)N(C)CC#N)cc1. The number of ether oxygens (including phenoxy) is 1. The van der Waals surface area contributed by atoms with Gasteiger partial charge in [0.2, 0.25) is 0 Å². The third-order valence-electron chi connectivity index (χ3n) is 2.53. The maximum atomic E-state index is 9.32. The van der Waals surface area contributed by atoms with Gasteiger partial charge in [0.05, 0.1) is 32.4 Å². The Hall–Kier alpha value is -1.57. The smallest absolute Gasteiger partial charge is 0.118 e. The lowest BCUT2D eigenvalue weighted by Gasteiger charge is -2.24. The van der Waals surface area contributed by atoms with E-state index in [1.54, 1.807) is 7.11 Å². The average molecular weight is 220 g/mol. The second-order valence-electron chi connectivity index (χ2n) is 3.54. The van der Waals surface area contributed by atoms with E-state index >= 15 is 0 Å². The Kier molecular flexibility index (Phi) is 4.77. The van der Waals surface area contributed by atoms with Crippen LogP contribution in [-0.4, -0.2) is 37.3 Å². The van der Waals surface area contributed by atoms with E-state index in [-0.39, 0.29) is 19.2 Å².